The lowest BCUT2D eigenvalue weighted by molar-refractivity contribution is -0.112. The van der Waals surface area contributed by atoms with E-state index < -0.39 is 5.91 Å². The third kappa shape index (κ3) is 4.47. The van der Waals surface area contributed by atoms with Gasteiger partial charge in [-0.3, -0.25) is 9.48 Å². The van der Waals surface area contributed by atoms with Gasteiger partial charge in [-0.1, -0.05) is 42.5 Å². The average molecular weight is 407 g/mol. The Labute approximate surface area is 159 Å². The Balaban J connectivity index is 1.74. The molecule has 1 aromatic heterocycles. The van der Waals surface area contributed by atoms with Crippen LogP contribution in [0.2, 0.25) is 0 Å². The summed E-state index contributed by atoms with van der Waals surface area (Å²) in [5.41, 5.74) is 2.44. The van der Waals surface area contributed by atoms with Crippen molar-refractivity contribution < 1.29 is 4.79 Å². The second kappa shape index (κ2) is 8.28. The summed E-state index contributed by atoms with van der Waals surface area (Å²) in [7, 11) is 0. The van der Waals surface area contributed by atoms with Crippen LogP contribution in [0.5, 0.6) is 0 Å². The Kier molecular flexibility index (Phi) is 5.62. The molecule has 2 aromatic carbocycles. The molecular formula is C20H15BrN4O. The summed E-state index contributed by atoms with van der Waals surface area (Å²) < 4.78 is 2.52. The van der Waals surface area contributed by atoms with Gasteiger partial charge in [0, 0.05) is 16.2 Å². The molecule has 26 heavy (non-hydrogen) atoms. The molecule has 1 amide bonds. The molecule has 3 aromatic rings. The van der Waals surface area contributed by atoms with Crippen LogP contribution < -0.4 is 5.32 Å². The highest BCUT2D eigenvalue weighted by atomic mass is 79.9. The van der Waals surface area contributed by atoms with Crippen LogP contribution in [0.15, 0.2) is 77.0 Å². The first-order valence-electron chi connectivity index (χ1n) is 7.90. The molecule has 0 saturated carbocycles. The van der Waals surface area contributed by atoms with E-state index in [1.807, 2.05) is 54.6 Å². The number of nitriles is 1. The van der Waals surface area contributed by atoms with E-state index in [4.69, 9.17) is 0 Å². The zero-order valence-corrected chi connectivity index (χ0v) is 15.3. The number of aromatic nitrogens is 2. The van der Waals surface area contributed by atoms with Crippen LogP contribution in [0.1, 0.15) is 11.1 Å². The second-order valence-electron chi connectivity index (χ2n) is 5.56. The molecule has 0 aliphatic carbocycles. The summed E-state index contributed by atoms with van der Waals surface area (Å²) in [5.74, 6) is -0.463. The molecule has 6 heteroatoms. The molecule has 1 heterocycles. The highest BCUT2D eigenvalue weighted by Gasteiger charge is 2.11. The zero-order valence-electron chi connectivity index (χ0n) is 13.8. The lowest BCUT2D eigenvalue weighted by Gasteiger charge is -2.05. The van der Waals surface area contributed by atoms with E-state index in [9.17, 15) is 10.1 Å². The van der Waals surface area contributed by atoms with Gasteiger partial charge in [-0.2, -0.15) is 10.4 Å². The van der Waals surface area contributed by atoms with Crippen molar-refractivity contribution in [2.24, 2.45) is 0 Å². The molecule has 128 valence electrons. The van der Waals surface area contributed by atoms with Crippen molar-refractivity contribution in [3.05, 3.63) is 88.2 Å². The fourth-order valence-electron chi connectivity index (χ4n) is 2.38. The Morgan fingerprint density at radius 2 is 1.92 bits per heavy atom. The number of carbonyl (C=O) groups excluding carboxylic acids is 1. The number of amides is 1. The Morgan fingerprint density at radius 3 is 2.65 bits per heavy atom. The van der Waals surface area contributed by atoms with Gasteiger partial charge in [0.05, 0.1) is 18.4 Å². The Morgan fingerprint density at radius 1 is 1.19 bits per heavy atom. The molecule has 0 radical (unpaired) electrons. The lowest BCUT2D eigenvalue weighted by Crippen LogP contribution is -2.13. The van der Waals surface area contributed by atoms with Crippen LogP contribution in [-0.2, 0) is 11.3 Å². The molecule has 3 rings (SSSR count). The quantitative estimate of drug-likeness (QED) is 0.508. The molecule has 0 bridgehead atoms. The molecule has 5 nitrogen and oxygen atoms in total. The number of hydrogen-bond donors (Lipinski definition) is 1. The van der Waals surface area contributed by atoms with Gasteiger partial charge < -0.3 is 5.32 Å². The molecule has 0 fully saturated rings. The molecule has 0 aliphatic heterocycles. The van der Waals surface area contributed by atoms with Gasteiger partial charge >= 0.3 is 0 Å². The minimum Gasteiger partial charge on any atom is -0.320 e. The first-order chi connectivity index (χ1) is 12.7. The third-order valence-electron chi connectivity index (χ3n) is 3.64. The molecule has 0 unspecified atom stereocenters. The molecule has 1 N–H and O–H groups in total. The van der Waals surface area contributed by atoms with Gasteiger partial charge in [0.1, 0.15) is 11.6 Å². The normalized spacial score (nSPS) is 11.0. The van der Waals surface area contributed by atoms with Gasteiger partial charge in [-0.05, 0) is 39.7 Å². The predicted molar refractivity (Wildman–Crippen MR) is 104 cm³/mol. The maximum atomic E-state index is 12.3. The monoisotopic (exact) mass is 406 g/mol. The summed E-state index contributed by atoms with van der Waals surface area (Å²) in [5, 5.41) is 16.3. The van der Waals surface area contributed by atoms with Crippen LogP contribution in [0.3, 0.4) is 0 Å². The summed E-state index contributed by atoms with van der Waals surface area (Å²) in [4.78, 5) is 12.3. The summed E-state index contributed by atoms with van der Waals surface area (Å²) in [6, 6.07) is 19.1. The number of rotatable bonds is 5. The van der Waals surface area contributed by atoms with Crippen molar-refractivity contribution >= 4 is 33.6 Å². The zero-order chi connectivity index (χ0) is 18.4. The SMILES string of the molecule is N#CC(=Cc1cnn(Cc2ccccc2)c1)C(=O)Nc1ccccc1Br. The van der Waals surface area contributed by atoms with Crippen LogP contribution in [0.25, 0.3) is 6.08 Å². The third-order valence-corrected chi connectivity index (χ3v) is 4.33. The van der Waals surface area contributed by atoms with E-state index in [-0.39, 0.29) is 5.57 Å². The fourth-order valence-corrected chi connectivity index (χ4v) is 2.76. The maximum Gasteiger partial charge on any atom is 0.266 e. The topological polar surface area (TPSA) is 70.7 Å². The smallest absolute Gasteiger partial charge is 0.266 e. The summed E-state index contributed by atoms with van der Waals surface area (Å²) >= 11 is 3.37. The first-order valence-corrected chi connectivity index (χ1v) is 8.69. The minimum atomic E-state index is -0.463. The van der Waals surface area contributed by atoms with Gasteiger partial charge in [0.15, 0.2) is 0 Å². The molecule has 0 aliphatic rings. The van der Waals surface area contributed by atoms with Gasteiger partial charge in [0.2, 0.25) is 0 Å². The van der Waals surface area contributed by atoms with Crippen molar-refractivity contribution in [3.63, 3.8) is 0 Å². The van der Waals surface area contributed by atoms with E-state index in [2.05, 4.69) is 26.3 Å². The second-order valence-corrected chi connectivity index (χ2v) is 6.41. The van der Waals surface area contributed by atoms with Crippen LogP contribution in [0.4, 0.5) is 5.69 Å². The number of carbonyl (C=O) groups is 1. The number of hydrogen-bond acceptors (Lipinski definition) is 3. The molecule has 0 saturated heterocycles. The number of nitrogens with zero attached hydrogens (tertiary/aromatic N) is 3. The highest BCUT2D eigenvalue weighted by molar-refractivity contribution is 9.10. The average Bonchev–Trinajstić information content (AvgIpc) is 3.09. The molecular weight excluding hydrogens is 392 g/mol. The van der Waals surface area contributed by atoms with Crippen molar-refractivity contribution in [2.45, 2.75) is 6.54 Å². The van der Waals surface area contributed by atoms with Crippen LogP contribution >= 0.6 is 15.9 Å². The largest absolute Gasteiger partial charge is 0.320 e. The predicted octanol–water partition coefficient (Wildman–Crippen LogP) is 4.24. The van der Waals surface area contributed by atoms with Crippen LogP contribution in [-0.4, -0.2) is 15.7 Å². The number of halogens is 1. The summed E-state index contributed by atoms with van der Waals surface area (Å²) in [6.45, 7) is 0.625. The molecule has 0 atom stereocenters. The van der Waals surface area contributed by atoms with E-state index in [0.717, 1.165) is 10.0 Å². The highest BCUT2D eigenvalue weighted by Crippen LogP contribution is 2.22. The van der Waals surface area contributed by atoms with E-state index in [1.54, 1.807) is 23.1 Å². The van der Waals surface area contributed by atoms with Crippen LogP contribution in [0, 0.1) is 11.3 Å². The standard InChI is InChI=1S/C20H15BrN4O/c21-18-8-4-5-9-19(18)24-20(26)17(11-22)10-16-12-23-25(14-16)13-15-6-2-1-3-7-15/h1-10,12,14H,13H2,(H,24,26). The minimum absolute atomic E-state index is 0.0139. The fraction of sp³-hybridized carbons (Fsp3) is 0.0500. The molecule has 0 spiro atoms. The number of para-hydroxylation sites is 1. The van der Waals surface area contributed by atoms with Crippen molar-refractivity contribution in [3.8, 4) is 6.07 Å². The number of nitrogens with one attached hydrogen (secondary N) is 1. The van der Waals surface area contributed by atoms with E-state index >= 15 is 0 Å². The van der Waals surface area contributed by atoms with Crippen molar-refractivity contribution in [2.75, 3.05) is 5.32 Å². The Hall–Kier alpha value is -3.17. The summed E-state index contributed by atoms with van der Waals surface area (Å²) in [6.07, 6.45) is 4.96. The number of benzene rings is 2. The van der Waals surface area contributed by atoms with Gasteiger partial charge in [-0.15, -0.1) is 0 Å². The number of anilines is 1. The van der Waals surface area contributed by atoms with Crippen molar-refractivity contribution in [1.82, 2.24) is 9.78 Å². The maximum absolute atomic E-state index is 12.3. The van der Waals surface area contributed by atoms with Gasteiger partial charge in [0.25, 0.3) is 5.91 Å². The Bertz CT molecular complexity index is 986. The lowest BCUT2D eigenvalue weighted by atomic mass is 10.2. The van der Waals surface area contributed by atoms with E-state index in [0.29, 0.717) is 17.8 Å². The van der Waals surface area contributed by atoms with E-state index in [1.165, 1.54) is 6.08 Å². The van der Waals surface area contributed by atoms with Crippen molar-refractivity contribution in [1.29, 1.82) is 5.26 Å². The first kappa shape index (κ1) is 17.6. The van der Waals surface area contributed by atoms with Gasteiger partial charge in [-0.25, -0.2) is 0 Å².